The fourth-order valence-electron chi connectivity index (χ4n) is 10.2. The Balaban J connectivity index is 0.00000818. The van der Waals surface area contributed by atoms with Crippen LogP contribution in [0.5, 0.6) is 11.5 Å². The van der Waals surface area contributed by atoms with Gasteiger partial charge in [-0.05, 0) is 90.3 Å². The first kappa shape index (κ1) is 30.5. The van der Waals surface area contributed by atoms with Crippen LogP contribution in [0, 0.1) is 18.5 Å². The van der Waals surface area contributed by atoms with Crippen molar-refractivity contribution in [2.24, 2.45) is 0 Å². The number of ether oxygens (including phenoxy) is 1. The van der Waals surface area contributed by atoms with Crippen molar-refractivity contribution in [1.29, 1.82) is 0 Å². The molecule has 0 aliphatic carbocycles. The molecule has 10 aromatic carbocycles. The summed E-state index contributed by atoms with van der Waals surface area (Å²) in [5, 5.41) is 1.35. The van der Waals surface area contributed by atoms with Gasteiger partial charge in [0.1, 0.15) is 5.82 Å². The number of hydrogen-bond acceptors (Lipinski definition) is 2. The van der Waals surface area contributed by atoms with Gasteiger partial charge in [-0.1, -0.05) is 225 Å². The Bertz CT molecular complexity index is 5460. The summed E-state index contributed by atoms with van der Waals surface area (Å²) >= 11 is 0. The van der Waals surface area contributed by atoms with E-state index in [0.29, 0.717) is 38.9 Å². The van der Waals surface area contributed by atoms with E-state index in [2.05, 4.69) is 39.2 Å². The van der Waals surface area contributed by atoms with E-state index in [1.54, 1.807) is 77.5 Å². The maximum absolute atomic E-state index is 9.96. The fourth-order valence-corrected chi connectivity index (χ4v) is 10.2. The van der Waals surface area contributed by atoms with Crippen molar-refractivity contribution in [3.63, 3.8) is 0 Å². The van der Waals surface area contributed by atoms with Gasteiger partial charge in [0.05, 0.1) is 42.8 Å². The van der Waals surface area contributed by atoms with Crippen molar-refractivity contribution < 1.29 is 56.4 Å². The number of fused-ring (bicyclic) bond motifs is 10. The Morgan fingerprint density at radius 3 is 1.87 bits per heavy atom. The summed E-state index contributed by atoms with van der Waals surface area (Å²) in [7, 11) is 0. The molecule has 76 heavy (non-hydrogen) atoms. The van der Waals surface area contributed by atoms with Gasteiger partial charge in [-0.2, -0.15) is 18.2 Å². The van der Waals surface area contributed by atoms with Gasteiger partial charge in [-0.25, -0.2) is 4.98 Å². The molecule has 1 aliphatic rings. The molecule has 0 saturated heterocycles. The van der Waals surface area contributed by atoms with Crippen molar-refractivity contribution in [3.8, 4) is 95.5 Å². The SMILES string of the molecule is [2H]c1c([2H])c([2H])c(-c2cc3c4ccccc4n(-c4cc(C(C)(C)C)ccn4)c3[c-]c2Oc2[c-]c(-n3[c-][n+]4c5c(cccc53)-c3ccccc3-c3c([2H])c([2H])c([2H])c([2H])c3-c3c(-c5c([2H])c([2H])c([2H])c([2H])c5[2H])ccc(-c5c([2H])c([2H])c([2H])c([2H])c5[2H])c3-4)ccc2)c([2H])c1[2H].[Pt]. The summed E-state index contributed by atoms with van der Waals surface area (Å²) in [5.41, 5.74) is 2.33. The molecule has 0 atom stereocenters. The summed E-state index contributed by atoms with van der Waals surface area (Å²) in [6.45, 7) is 6.27. The van der Waals surface area contributed by atoms with Crippen molar-refractivity contribution >= 4 is 32.8 Å². The van der Waals surface area contributed by atoms with Gasteiger partial charge >= 0.3 is 0 Å². The molecule has 6 heteroatoms. The molecule has 13 aromatic rings. The average Bonchev–Trinajstić information content (AvgIpc) is 1.66. The van der Waals surface area contributed by atoms with Gasteiger partial charge in [0, 0.05) is 49.8 Å². The Kier molecular flexibility index (Phi) is 7.54. The monoisotopic (exact) mass is 1170 g/mol. The Hall–Kier alpha value is -8.89. The van der Waals surface area contributed by atoms with Crippen LogP contribution in [-0.2, 0) is 26.5 Å². The average molecular weight is 1180 g/mol. The van der Waals surface area contributed by atoms with E-state index in [-0.39, 0.29) is 105 Å². The molecule has 366 valence electrons. The van der Waals surface area contributed by atoms with Gasteiger partial charge in [0.2, 0.25) is 0 Å². The van der Waals surface area contributed by atoms with Crippen LogP contribution in [0.2, 0.25) is 0 Å². The van der Waals surface area contributed by atoms with E-state index in [1.165, 1.54) is 16.7 Å². The number of nitrogens with zero attached hydrogens (tertiary/aromatic N) is 4. The summed E-state index contributed by atoms with van der Waals surface area (Å²) < 4.78 is 186. The van der Waals surface area contributed by atoms with Crippen LogP contribution in [-0.4, -0.2) is 14.1 Å². The number of imidazole rings is 1. The zero-order chi connectivity index (χ0) is 66.7. The van der Waals surface area contributed by atoms with Gasteiger partial charge in [-0.15, -0.1) is 23.6 Å². The number of benzene rings is 10. The molecule has 0 saturated carbocycles. The predicted molar refractivity (Wildman–Crippen MR) is 305 cm³/mol. The van der Waals surface area contributed by atoms with Gasteiger partial charge in [-0.3, -0.25) is 4.57 Å². The van der Waals surface area contributed by atoms with Gasteiger partial charge in [0.25, 0.3) is 6.33 Å². The van der Waals surface area contributed by atoms with Crippen LogP contribution in [0.3, 0.4) is 0 Å². The first-order chi connectivity index (χ1) is 44.7. The molecule has 4 heterocycles. The molecule has 0 amide bonds. The minimum absolute atomic E-state index is 0. The maximum atomic E-state index is 9.96. The molecule has 14 rings (SSSR count). The summed E-state index contributed by atoms with van der Waals surface area (Å²) in [5.74, 6) is 0.513. The smallest absolute Gasteiger partial charge is 0.268 e. The second kappa shape index (κ2) is 18.8. The van der Waals surface area contributed by atoms with Crippen molar-refractivity contribution in [2.45, 2.75) is 26.2 Å². The van der Waals surface area contributed by atoms with E-state index in [0.717, 1.165) is 16.5 Å². The first-order valence-electron chi connectivity index (χ1n) is 33.5. The molecular formula is C70H48N4OPt-2. The van der Waals surface area contributed by atoms with E-state index in [9.17, 15) is 12.3 Å². The third-order valence-electron chi connectivity index (χ3n) is 13.5. The van der Waals surface area contributed by atoms with E-state index >= 15 is 0 Å². The molecule has 0 radical (unpaired) electrons. The van der Waals surface area contributed by atoms with Crippen LogP contribution in [0.1, 0.15) is 52.4 Å². The first-order valence-corrected chi connectivity index (χ1v) is 24.0. The number of para-hydroxylation sites is 2. The van der Waals surface area contributed by atoms with Crippen molar-refractivity contribution in [1.82, 2.24) is 14.1 Å². The molecule has 0 spiro atoms. The summed E-state index contributed by atoms with van der Waals surface area (Å²) in [6, 6.07) is 27.8. The molecule has 0 N–H and O–H groups in total. The molecule has 3 aromatic heterocycles. The third kappa shape index (κ3) is 7.81. The molecule has 5 nitrogen and oxygen atoms in total. The van der Waals surface area contributed by atoms with Crippen molar-refractivity contribution in [3.05, 3.63) is 260 Å². The van der Waals surface area contributed by atoms with Crippen molar-refractivity contribution in [2.75, 3.05) is 0 Å². The largest absolute Gasteiger partial charge is 0.509 e. The Morgan fingerprint density at radius 1 is 0.526 bits per heavy atom. The van der Waals surface area contributed by atoms with Crippen LogP contribution < -0.4 is 9.30 Å². The standard InChI is InChI=1S/C70H48N4O.Pt/c1-70(2,3)49-39-40-71-66(41-49)74-62-35-18-17-32-57(62)61-43-60(48-25-11-6-12-26-48)65(44-64(61)74)75-51-28-19-27-50(42-51)72-45-73-68-59(34-20-36-63(68)72)56-31-14-13-29-54(56)55-30-15-16-33-58(55)67-52(46-21-7-4-8-22-46)37-38-53(69(67)73)47-23-9-5-10-24-47;/h4-41,43H,1-3H3;/q-2;/i4D,5D,6D,7D,8D,9D,10D,11D,12D,15D,16D,21D,22D,23D,24D,25D,26D,30D,33D;. The quantitative estimate of drug-likeness (QED) is 0.118. The third-order valence-corrected chi connectivity index (χ3v) is 13.5. The van der Waals surface area contributed by atoms with E-state index in [1.807, 2.05) is 41.0 Å². The van der Waals surface area contributed by atoms with Crippen LogP contribution in [0.15, 0.2) is 236 Å². The van der Waals surface area contributed by atoms with Gasteiger partial charge < -0.3 is 13.9 Å². The molecule has 1 aliphatic heterocycles. The maximum Gasteiger partial charge on any atom is 0.268 e. The minimum Gasteiger partial charge on any atom is -0.509 e. The van der Waals surface area contributed by atoms with Gasteiger partial charge in [0.15, 0.2) is 0 Å². The number of aromatic nitrogens is 4. The Labute approximate surface area is 483 Å². The normalized spacial score (nSPS) is 15.3. The topological polar surface area (TPSA) is 35.9 Å². The number of pyridine rings is 1. The molecular weight excluding hydrogens is 1110 g/mol. The van der Waals surface area contributed by atoms with E-state index < -0.39 is 115 Å². The summed E-state index contributed by atoms with van der Waals surface area (Å²) in [6.07, 6.45) is 5.19. The number of hydrogen-bond donors (Lipinski definition) is 0. The fraction of sp³-hybridized carbons (Fsp3) is 0.0571. The molecule has 0 unspecified atom stereocenters. The predicted octanol–water partition coefficient (Wildman–Crippen LogP) is 17.2. The number of rotatable bonds is 7. The van der Waals surface area contributed by atoms with Crippen LogP contribution in [0.25, 0.3) is 117 Å². The zero-order valence-electron chi connectivity index (χ0n) is 59.6. The molecule has 0 bridgehead atoms. The Morgan fingerprint density at radius 2 is 1.13 bits per heavy atom. The van der Waals surface area contributed by atoms with Crippen LogP contribution in [0.4, 0.5) is 0 Å². The second-order valence-electron chi connectivity index (χ2n) is 18.9. The van der Waals surface area contributed by atoms with Crippen LogP contribution >= 0.6 is 0 Å². The van der Waals surface area contributed by atoms with E-state index in [4.69, 9.17) is 23.4 Å². The second-order valence-corrected chi connectivity index (χ2v) is 18.9. The minimum atomic E-state index is -0.720. The molecule has 0 fully saturated rings. The zero-order valence-corrected chi connectivity index (χ0v) is 42.8. The summed E-state index contributed by atoms with van der Waals surface area (Å²) in [4.78, 5) is 4.83.